The molecular weight excluding hydrogens is 326 g/mol. The summed E-state index contributed by atoms with van der Waals surface area (Å²) < 4.78 is 10.6. The number of carbonyl (C=O) groups is 3. The lowest BCUT2D eigenvalue weighted by Gasteiger charge is -2.24. The maximum Gasteiger partial charge on any atom is 0.254 e. The van der Waals surface area contributed by atoms with E-state index in [9.17, 15) is 14.4 Å². The van der Waals surface area contributed by atoms with E-state index in [2.05, 4.69) is 10.6 Å². The summed E-state index contributed by atoms with van der Waals surface area (Å²) in [5.74, 6) is 0.621. The average Bonchev–Trinajstić information content (AvgIpc) is 3.25. The predicted octanol–water partition coefficient (Wildman–Crippen LogP) is 0.272. The standard InChI is InChI=1S/C17H21N3O5/c1-11(21)18-6-7-19-16(22)13-3-2-8-20(13)17(23)12-4-5-14-15(9-12)25-10-24-14/h4-5,9,13H,2-3,6-8,10H2,1H3,(H,18,21)(H,19,22)/t13-/m1/s1. The monoisotopic (exact) mass is 347 g/mol. The van der Waals surface area contributed by atoms with Crippen LogP contribution in [0.3, 0.4) is 0 Å². The minimum Gasteiger partial charge on any atom is -0.454 e. The Kier molecular flexibility index (Phi) is 5.06. The zero-order chi connectivity index (χ0) is 17.8. The van der Waals surface area contributed by atoms with Gasteiger partial charge in [-0.1, -0.05) is 0 Å². The summed E-state index contributed by atoms with van der Waals surface area (Å²) in [6.07, 6.45) is 1.41. The number of amides is 3. The number of rotatable bonds is 5. The maximum atomic E-state index is 12.8. The molecule has 8 nitrogen and oxygen atoms in total. The lowest BCUT2D eigenvalue weighted by atomic mass is 10.1. The highest BCUT2D eigenvalue weighted by Crippen LogP contribution is 2.33. The Morgan fingerprint density at radius 1 is 1.16 bits per heavy atom. The number of carbonyl (C=O) groups excluding carboxylic acids is 3. The minimum atomic E-state index is -0.491. The van der Waals surface area contributed by atoms with Crippen molar-refractivity contribution in [1.82, 2.24) is 15.5 Å². The van der Waals surface area contributed by atoms with Crippen LogP contribution in [0.15, 0.2) is 18.2 Å². The summed E-state index contributed by atoms with van der Waals surface area (Å²) >= 11 is 0. The molecule has 0 spiro atoms. The van der Waals surface area contributed by atoms with Crippen LogP contribution < -0.4 is 20.1 Å². The van der Waals surface area contributed by atoms with Gasteiger partial charge in [0.2, 0.25) is 18.6 Å². The van der Waals surface area contributed by atoms with E-state index in [0.29, 0.717) is 43.1 Å². The van der Waals surface area contributed by atoms with Crippen molar-refractivity contribution < 1.29 is 23.9 Å². The van der Waals surface area contributed by atoms with Gasteiger partial charge in [0, 0.05) is 32.1 Å². The topological polar surface area (TPSA) is 97.0 Å². The molecule has 0 radical (unpaired) electrons. The quantitative estimate of drug-likeness (QED) is 0.746. The van der Waals surface area contributed by atoms with Crippen LogP contribution in [0.25, 0.3) is 0 Å². The van der Waals surface area contributed by atoms with Gasteiger partial charge in [0.05, 0.1) is 0 Å². The van der Waals surface area contributed by atoms with Gasteiger partial charge in [-0.15, -0.1) is 0 Å². The summed E-state index contributed by atoms with van der Waals surface area (Å²) in [5, 5.41) is 5.38. The largest absolute Gasteiger partial charge is 0.454 e. The van der Waals surface area contributed by atoms with Crippen molar-refractivity contribution in [2.75, 3.05) is 26.4 Å². The van der Waals surface area contributed by atoms with Gasteiger partial charge in [-0.05, 0) is 31.0 Å². The van der Waals surface area contributed by atoms with E-state index in [1.54, 1.807) is 23.1 Å². The molecule has 1 fully saturated rings. The molecule has 1 saturated heterocycles. The predicted molar refractivity (Wildman–Crippen MR) is 88.3 cm³/mol. The molecule has 0 aliphatic carbocycles. The Labute approximate surface area is 145 Å². The number of likely N-dealkylation sites (tertiary alicyclic amines) is 1. The second-order valence-electron chi connectivity index (χ2n) is 6.00. The van der Waals surface area contributed by atoms with Crippen LogP contribution in [0.5, 0.6) is 11.5 Å². The van der Waals surface area contributed by atoms with E-state index in [4.69, 9.17) is 9.47 Å². The van der Waals surface area contributed by atoms with Gasteiger partial charge in [-0.2, -0.15) is 0 Å². The third kappa shape index (κ3) is 3.84. The van der Waals surface area contributed by atoms with Crippen LogP contribution >= 0.6 is 0 Å². The van der Waals surface area contributed by atoms with Gasteiger partial charge < -0.3 is 25.0 Å². The number of nitrogens with one attached hydrogen (secondary N) is 2. The molecular formula is C17H21N3O5. The minimum absolute atomic E-state index is 0.144. The van der Waals surface area contributed by atoms with Gasteiger partial charge in [-0.25, -0.2) is 0 Å². The molecule has 2 aliphatic heterocycles. The molecule has 1 aromatic rings. The molecule has 3 amide bonds. The first-order chi connectivity index (χ1) is 12.1. The Morgan fingerprint density at radius 3 is 2.72 bits per heavy atom. The third-order valence-electron chi connectivity index (χ3n) is 4.23. The van der Waals surface area contributed by atoms with Crippen molar-refractivity contribution in [3.63, 3.8) is 0 Å². The molecule has 2 N–H and O–H groups in total. The van der Waals surface area contributed by atoms with Crippen LogP contribution in [0.4, 0.5) is 0 Å². The number of hydrogen-bond donors (Lipinski definition) is 2. The number of ether oxygens (including phenoxy) is 2. The molecule has 0 bridgehead atoms. The fourth-order valence-electron chi connectivity index (χ4n) is 3.02. The van der Waals surface area contributed by atoms with Gasteiger partial charge >= 0.3 is 0 Å². The van der Waals surface area contributed by atoms with Crippen LogP contribution in [-0.2, 0) is 9.59 Å². The number of hydrogen-bond acceptors (Lipinski definition) is 5. The molecule has 1 aromatic carbocycles. The number of fused-ring (bicyclic) bond motifs is 1. The van der Waals surface area contributed by atoms with Gasteiger partial charge in [-0.3, -0.25) is 14.4 Å². The van der Waals surface area contributed by atoms with Crippen molar-refractivity contribution in [3.8, 4) is 11.5 Å². The van der Waals surface area contributed by atoms with Gasteiger partial charge in [0.15, 0.2) is 11.5 Å². The lowest BCUT2D eigenvalue weighted by Crippen LogP contribution is -2.47. The first-order valence-corrected chi connectivity index (χ1v) is 8.29. The molecule has 0 unspecified atom stereocenters. The maximum absolute atomic E-state index is 12.8. The first kappa shape index (κ1) is 17.1. The fourth-order valence-corrected chi connectivity index (χ4v) is 3.02. The zero-order valence-corrected chi connectivity index (χ0v) is 14.0. The van der Waals surface area contributed by atoms with Gasteiger partial charge in [0.25, 0.3) is 5.91 Å². The van der Waals surface area contributed by atoms with E-state index in [1.165, 1.54) is 6.92 Å². The summed E-state index contributed by atoms with van der Waals surface area (Å²) in [4.78, 5) is 37.6. The van der Waals surface area contributed by atoms with E-state index in [1.807, 2.05) is 0 Å². The van der Waals surface area contributed by atoms with Crippen molar-refractivity contribution >= 4 is 17.7 Å². The van der Waals surface area contributed by atoms with Crippen molar-refractivity contribution in [2.24, 2.45) is 0 Å². The van der Waals surface area contributed by atoms with E-state index >= 15 is 0 Å². The molecule has 2 aliphatic rings. The fraction of sp³-hybridized carbons (Fsp3) is 0.471. The normalized spacial score (nSPS) is 18.1. The van der Waals surface area contributed by atoms with E-state index < -0.39 is 6.04 Å². The van der Waals surface area contributed by atoms with E-state index in [-0.39, 0.29) is 24.5 Å². The highest BCUT2D eigenvalue weighted by Gasteiger charge is 2.34. The number of benzene rings is 1. The molecule has 2 heterocycles. The zero-order valence-electron chi connectivity index (χ0n) is 14.0. The van der Waals surface area contributed by atoms with Crippen molar-refractivity contribution in [3.05, 3.63) is 23.8 Å². The van der Waals surface area contributed by atoms with Crippen LogP contribution in [0, 0.1) is 0 Å². The molecule has 134 valence electrons. The Hall–Kier alpha value is -2.77. The van der Waals surface area contributed by atoms with Crippen LogP contribution in [0.2, 0.25) is 0 Å². The second-order valence-corrected chi connectivity index (χ2v) is 6.00. The Morgan fingerprint density at radius 2 is 1.92 bits per heavy atom. The van der Waals surface area contributed by atoms with Gasteiger partial charge in [0.1, 0.15) is 6.04 Å². The average molecular weight is 347 g/mol. The second kappa shape index (κ2) is 7.42. The lowest BCUT2D eigenvalue weighted by molar-refractivity contribution is -0.125. The first-order valence-electron chi connectivity index (χ1n) is 8.29. The third-order valence-corrected chi connectivity index (χ3v) is 4.23. The molecule has 1 atom stereocenters. The molecule has 3 rings (SSSR count). The summed E-state index contributed by atoms with van der Waals surface area (Å²) in [5.41, 5.74) is 0.474. The summed E-state index contributed by atoms with van der Waals surface area (Å²) in [7, 11) is 0. The van der Waals surface area contributed by atoms with Crippen molar-refractivity contribution in [1.29, 1.82) is 0 Å². The summed E-state index contributed by atoms with van der Waals surface area (Å²) in [6.45, 7) is 2.81. The molecule has 0 saturated carbocycles. The molecule has 8 heteroatoms. The Balaban J connectivity index is 1.61. The van der Waals surface area contributed by atoms with Crippen molar-refractivity contribution in [2.45, 2.75) is 25.8 Å². The Bertz CT molecular complexity index is 691. The van der Waals surface area contributed by atoms with E-state index in [0.717, 1.165) is 6.42 Å². The molecule has 0 aromatic heterocycles. The smallest absolute Gasteiger partial charge is 0.254 e. The highest BCUT2D eigenvalue weighted by atomic mass is 16.7. The highest BCUT2D eigenvalue weighted by molar-refractivity contribution is 5.98. The molecule has 25 heavy (non-hydrogen) atoms. The SMILES string of the molecule is CC(=O)NCCNC(=O)[C@H]1CCCN1C(=O)c1ccc2c(c1)OCO2. The van der Waals surface area contributed by atoms with Crippen LogP contribution in [0.1, 0.15) is 30.1 Å². The summed E-state index contributed by atoms with van der Waals surface area (Å²) in [6, 6.07) is 4.54. The van der Waals surface area contributed by atoms with Crippen LogP contribution in [-0.4, -0.2) is 55.1 Å². The number of nitrogens with zero attached hydrogens (tertiary/aromatic N) is 1.